The summed E-state index contributed by atoms with van der Waals surface area (Å²) in [6.45, 7) is 0.534. The summed E-state index contributed by atoms with van der Waals surface area (Å²) in [5.74, 6) is 0.532. The minimum absolute atomic E-state index is 0.532. The van der Waals surface area contributed by atoms with Crippen LogP contribution in [-0.2, 0) is 13.6 Å². The standard InChI is InChI=1S/C9H12N4/c1-13-8-3-2-6(5-10)4-7(8)12-9(13)11/h2-4H,5,10H2,1H3,(H2,11,12). The van der Waals surface area contributed by atoms with E-state index in [4.69, 9.17) is 11.5 Å². The maximum atomic E-state index is 5.66. The Hall–Kier alpha value is -1.55. The molecule has 4 N–H and O–H groups in total. The molecule has 0 aliphatic rings. The fourth-order valence-electron chi connectivity index (χ4n) is 1.39. The van der Waals surface area contributed by atoms with Crippen molar-refractivity contribution in [3.63, 3.8) is 0 Å². The number of hydrogen-bond donors (Lipinski definition) is 2. The maximum Gasteiger partial charge on any atom is 0.200 e. The van der Waals surface area contributed by atoms with Gasteiger partial charge in [0, 0.05) is 13.6 Å². The summed E-state index contributed by atoms with van der Waals surface area (Å²) in [6, 6.07) is 5.94. The average Bonchev–Trinajstić information content (AvgIpc) is 2.42. The molecule has 0 spiro atoms. The predicted molar refractivity (Wildman–Crippen MR) is 53.0 cm³/mol. The molecule has 0 aliphatic heterocycles. The lowest BCUT2D eigenvalue weighted by Gasteiger charge is -1.97. The smallest absolute Gasteiger partial charge is 0.200 e. The van der Waals surface area contributed by atoms with Crippen LogP contribution in [0, 0.1) is 0 Å². The lowest BCUT2D eigenvalue weighted by molar-refractivity contribution is 0.965. The Kier molecular flexibility index (Phi) is 1.70. The van der Waals surface area contributed by atoms with Gasteiger partial charge >= 0.3 is 0 Å². The van der Waals surface area contributed by atoms with Crippen molar-refractivity contribution in [1.82, 2.24) is 9.55 Å². The fourth-order valence-corrected chi connectivity index (χ4v) is 1.39. The van der Waals surface area contributed by atoms with Crippen LogP contribution >= 0.6 is 0 Å². The second-order valence-corrected chi connectivity index (χ2v) is 3.06. The summed E-state index contributed by atoms with van der Waals surface area (Å²) in [4.78, 5) is 4.21. The monoisotopic (exact) mass is 176 g/mol. The first-order valence-corrected chi connectivity index (χ1v) is 4.13. The van der Waals surface area contributed by atoms with E-state index in [1.165, 1.54) is 0 Å². The molecule has 0 aliphatic carbocycles. The highest BCUT2D eigenvalue weighted by Crippen LogP contribution is 2.17. The van der Waals surface area contributed by atoms with Crippen LogP contribution in [0.4, 0.5) is 5.95 Å². The third-order valence-electron chi connectivity index (χ3n) is 2.22. The summed E-state index contributed by atoms with van der Waals surface area (Å²) >= 11 is 0. The van der Waals surface area contributed by atoms with Gasteiger partial charge in [-0.3, -0.25) is 0 Å². The second kappa shape index (κ2) is 2.74. The van der Waals surface area contributed by atoms with E-state index in [2.05, 4.69) is 4.98 Å². The molecule has 1 heterocycles. The number of rotatable bonds is 1. The first-order valence-electron chi connectivity index (χ1n) is 4.13. The number of nitrogens with zero attached hydrogens (tertiary/aromatic N) is 2. The highest BCUT2D eigenvalue weighted by molar-refractivity contribution is 5.78. The molecule has 0 atom stereocenters. The van der Waals surface area contributed by atoms with Gasteiger partial charge in [0.25, 0.3) is 0 Å². The topological polar surface area (TPSA) is 69.9 Å². The van der Waals surface area contributed by atoms with Crippen LogP contribution in [0.25, 0.3) is 11.0 Å². The fraction of sp³-hybridized carbons (Fsp3) is 0.222. The zero-order valence-electron chi connectivity index (χ0n) is 7.49. The minimum Gasteiger partial charge on any atom is -0.369 e. The van der Waals surface area contributed by atoms with Crippen LogP contribution in [0.5, 0.6) is 0 Å². The van der Waals surface area contributed by atoms with Crippen molar-refractivity contribution in [2.75, 3.05) is 5.73 Å². The number of anilines is 1. The number of hydrogen-bond acceptors (Lipinski definition) is 3. The summed E-state index contributed by atoms with van der Waals surface area (Å²) in [7, 11) is 1.90. The largest absolute Gasteiger partial charge is 0.369 e. The summed E-state index contributed by atoms with van der Waals surface area (Å²) in [5, 5.41) is 0. The molecule has 1 aromatic carbocycles. The molecular formula is C9H12N4. The third kappa shape index (κ3) is 1.15. The van der Waals surface area contributed by atoms with E-state index >= 15 is 0 Å². The van der Waals surface area contributed by atoms with Crippen LogP contribution in [0.15, 0.2) is 18.2 Å². The number of imidazole rings is 1. The van der Waals surface area contributed by atoms with Crippen molar-refractivity contribution in [1.29, 1.82) is 0 Å². The lowest BCUT2D eigenvalue weighted by atomic mass is 10.2. The van der Waals surface area contributed by atoms with Crippen molar-refractivity contribution in [2.45, 2.75) is 6.54 Å². The van der Waals surface area contributed by atoms with Crippen molar-refractivity contribution in [2.24, 2.45) is 12.8 Å². The molecule has 4 heteroatoms. The Bertz CT molecular complexity index is 444. The van der Waals surface area contributed by atoms with Crippen LogP contribution in [0.2, 0.25) is 0 Å². The number of aromatic nitrogens is 2. The quantitative estimate of drug-likeness (QED) is 0.669. The van der Waals surface area contributed by atoms with E-state index in [1.54, 1.807) is 0 Å². The minimum atomic E-state index is 0.532. The van der Waals surface area contributed by atoms with Gasteiger partial charge in [-0.25, -0.2) is 4.98 Å². The second-order valence-electron chi connectivity index (χ2n) is 3.06. The molecule has 0 saturated heterocycles. The zero-order chi connectivity index (χ0) is 9.42. The van der Waals surface area contributed by atoms with E-state index < -0.39 is 0 Å². The molecule has 0 amide bonds. The molecule has 0 radical (unpaired) electrons. The Morgan fingerprint density at radius 3 is 2.92 bits per heavy atom. The van der Waals surface area contributed by atoms with Crippen LogP contribution < -0.4 is 11.5 Å². The maximum absolute atomic E-state index is 5.66. The molecule has 0 saturated carbocycles. The van der Waals surface area contributed by atoms with Gasteiger partial charge in [-0.1, -0.05) is 6.07 Å². The van der Waals surface area contributed by atoms with E-state index in [1.807, 2.05) is 29.8 Å². The molecule has 2 rings (SSSR count). The lowest BCUT2D eigenvalue weighted by Crippen LogP contribution is -1.96. The van der Waals surface area contributed by atoms with Crippen LogP contribution in [0.1, 0.15) is 5.56 Å². The molecule has 2 aromatic rings. The highest BCUT2D eigenvalue weighted by atomic mass is 15.1. The highest BCUT2D eigenvalue weighted by Gasteiger charge is 2.03. The Morgan fingerprint density at radius 2 is 2.23 bits per heavy atom. The van der Waals surface area contributed by atoms with Gasteiger partial charge in [-0.05, 0) is 17.7 Å². The number of benzene rings is 1. The molecule has 4 nitrogen and oxygen atoms in total. The molecule has 68 valence electrons. The number of aryl methyl sites for hydroxylation is 1. The third-order valence-corrected chi connectivity index (χ3v) is 2.22. The van der Waals surface area contributed by atoms with E-state index in [9.17, 15) is 0 Å². The summed E-state index contributed by atoms with van der Waals surface area (Å²) in [5.41, 5.74) is 14.2. The average molecular weight is 176 g/mol. The number of nitrogens with two attached hydrogens (primary N) is 2. The summed E-state index contributed by atoms with van der Waals surface area (Å²) in [6.07, 6.45) is 0. The van der Waals surface area contributed by atoms with Gasteiger partial charge in [-0.15, -0.1) is 0 Å². The van der Waals surface area contributed by atoms with Crippen molar-refractivity contribution >= 4 is 17.0 Å². The van der Waals surface area contributed by atoms with Gasteiger partial charge in [0.1, 0.15) is 0 Å². The van der Waals surface area contributed by atoms with Gasteiger partial charge in [-0.2, -0.15) is 0 Å². The van der Waals surface area contributed by atoms with Crippen LogP contribution in [0.3, 0.4) is 0 Å². The molecular weight excluding hydrogens is 164 g/mol. The first-order chi connectivity index (χ1) is 6.22. The Balaban J connectivity index is 2.73. The normalized spacial score (nSPS) is 10.9. The van der Waals surface area contributed by atoms with Gasteiger partial charge in [0.05, 0.1) is 11.0 Å². The Labute approximate surface area is 76.2 Å². The predicted octanol–water partition coefficient (Wildman–Crippen LogP) is 0.614. The van der Waals surface area contributed by atoms with E-state index in [0.29, 0.717) is 12.5 Å². The van der Waals surface area contributed by atoms with Crippen molar-refractivity contribution in [3.8, 4) is 0 Å². The molecule has 13 heavy (non-hydrogen) atoms. The van der Waals surface area contributed by atoms with Crippen molar-refractivity contribution in [3.05, 3.63) is 23.8 Å². The zero-order valence-corrected chi connectivity index (χ0v) is 7.49. The number of nitrogen functional groups attached to an aromatic ring is 1. The molecule has 0 bridgehead atoms. The Morgan fingerprint density at radius 1 is 1.46 bits per heavy atom. The SMILES string of the molecule is Cn1c(N)nc2cc(CN)ccc21. The number of fused-ring (bicyclic) bond motifs is 1. The first kappa shape index (κ1) is 8.07. The van der Waals surface area contributed by atoms with Crippen LogP contribution in [-0.4, -0.2) is 9.55 Å². The van der Waals surface area contributed by atoms with Crippen molar-refractivity contribution < 1.29 is 0 Å². The molecule has 0 unspecified atom stereocenters. The van der Waals surface area contributed by atoms with Gasteiger partial charge in [0.2, 0.25) is 5.95 Å². The van der Waals surface area contributed by atoms with E-state index in [-0.39, 0.29) is 0 Å². The van der Waals surface area contributed by atoms with Gasteiger partial charge in [0.15, 0.2) is 0 Å². The molecule has 1 aromatic heterocycles. The molecule has 0 fully saturated rings. The van der Waals surface area contributed by atoms with E-state index in [0.717, 1.165) is 16.6 Å². The summed E-state index contributed by atoms with van der Waals surface area (Å²) < 4.78 is 1.86. The van der Waals surface area contributed by atoms with Gasteiger partial charge < -0.3 is 16.0 Å².